The lowest BCUT2D eigenvalue weighted by molar-refractivity contribution is 0.212. The monoisotopic (exact) mass is 250 g/mol. The molecule has 0 N–H and O–H groups in total. The molecule has 1 unspecified atom stereocenters. The molecule has 0 radical (unpaired) electrons. The molecular weight excluding hydrogens is 216 g/mol. The topological polar surface area (TPSA) is 0 Å². The van der Waals surface area contributed by atoms with Gasteiger partial charge in [-0.25, -0.2) is 0 Å². The first-order valence-electron chi connectivity index (χ1n) is 8.81. The smallest absolute Gasteiger partial charge is 0.0357 e. The van der Waals surface area contributed by atoms with Gasteiger partial charge >= 0.3 is 0 Å². The third-order valence-corrected chi connectivity index (χ3v) is 5.81. The summed E-state index contributed by atoms with van der Waals surface area (Å²) in [5, 5.41) is 0. The van der Waals surface area contributed by atoms with E-state index in [-0.39, 0.29) is 0 Å². The Kier molecular flexibility index (Phi) is 6.05. The number of hydrogen-bond acceptors (Lipinski definition) is 0. The van der Waals surface area contributed by atoms with E-state index >= 15 is 0 Å². The lowest BCUT2D eigenvalue weighted by Crippen LogP contribution is -2.19. The molecule has 0 heterocycles. The van der Waals surface area contributed by atoms with Gasteiger partial charge in [0.2, 0.25) is 0 Å². The molecule has 0 aromatic heterocycles. The Labute approximate surface area is 115 Å². The minimum atomic E-state index is 0.985. The average molecular weight is 250 g/mol. The molecule has 0 nitrogen and oxygen atoms in total. The first-order chi connectivity index (χ1) is 8.81. The molecule has 0 aromatic carbocycles. The molecule has 2 fully saturated rings. The van der Waals surface area contributed by atoms with Gasteiger partial charge in [0, 0.05) is 0 Å². The summed E-state index contributed by atoms with van der Waals surface area (Å²) in [6.45, 7) is 4.80. The van der Waals surface area contributed by atoms with Gasteiger partial charge in [0.15, 0.2) is 0 Å². The molecule has 2 rings (SSSR count). The van der Waals surface area contributed by atoms with Crippen molar-refractivity contribution in [3.63, 3.8) is 0 Å². The predicted molar refractivity (Wildman–Crippen MR) is 80.7 cm³/mol. The summed E-state index contributed by atoms with van der Waals surface area (Å²) in [5.74, 6) is 4.38. The van der Waals surface area contributed by atoms with Gasteiger partial charge in [-0.15, -0.1) is 0 Å². The standard InChI is InChI=1S/C18H34/c1-3-4-5-8-15(2)11-12-17-14-13-16-9-6-7-10-18(16)17/h15-18H,3-14H2,1-2H3/t15-,16+,17-,18?/m1/s1. The fourth-order valence-corrected chi connectivity index (χ4v) is 4.60. The number of rotatable bonds is 7. The Morgan fingerprint density at radius 1 is 0.944 bits per heavy atom. The molecule has 0 bridgehead atoms. The molecule has 0 amide bonds. The molecule has 2 saturated carbocycles. The zero-order valence-electron chi connectivity index (χ0n) is 12.8. The SMILES string of the molecule is CCCCC[C@@H](C)CC[C@@H]1CC[C@@H]2CCCCC12. The highest BCUT2D eigenvalue weighted by atomic mass is 14.4. The van der Waals surface area contributed by atoms with Gasteiger partial charge in [0.05, 0.1) is 0 Å². The van der Waals surface area contributed by atoms with Gasteiger partial charge in [-0.3, -0.25) is 0 Å². The average Bonchev–Trinajstić information content (AvgIpc) is 2.80. The zero-order valence-corrected chi connectivity index (χ0v) is 12.8. The van der Waals surface area contributed by atoms with Gasteiger partial charge in [-0.05, 0) is 49.4 Å². The highest BCUT2D eigenvalue weighted by Gasteiger charge is 2.36. The summed E-state index contributed by atoms with van der Waals surface area (Å²) in [6, 6.07) is 0. The van der Waals surface area contributed by atoms with Crippen LogP contribution >= 0.6 is 0 Å². The second-order valence-electron chi connectivity index (χ2n) is 7.22. The van der Waals surface area contributed by atoms with Gasteiger partial charge in [0.25, 0.3) is 0 Å². The van der Waals surface area contributed by atoms with E-state index in [1.807, 2.05) is 0 Å². The summed E-state index contributed by atoms with van der Waals surface area (Å²) < 4.78 is 0. The van der Waals surface area contributed by atoms with Crippen LogP contribution < -0.4 is 0 Å². The molecule has 106 valence electrons. The molecule has 0 aromatic rings. The van der Waals surface area contributed by atoms with Crippen molar-refractivity contribution in [2.75, 3.05) is 0 Å². The van der Waals surface area contributed by atoms with E-state index in [9.17, 15) is 0 Å². The molecule has 0 heteroatoms. The van der Waals surface area contributed by atoms with Crippen LogP contribution in [0.1, 0.15) is 90.9 Å². The quantitative estimate of drug-likeness (QED) is 0.472. The summed E-state index contributed by atoms with van der Waals surface area (Å²) in [7, 11) is 0. The van der Waals surface area contributed by atoms with Gasteiger partial charge in [-0.2, -0.15) is 0 Å². The van der Waals surface area contributed by atoms with Crippen molar-refractivity contribution in [3.05, 3.63) is 0 Å². The van der Waals surface area contributed by atoms with Crippen LogP contribution in [0.2, 0.25) is 0 Å². The number of fused-ring (bicyclic) bond motifs is 1. The van der Waals surface area contributed by atoms with Crippen molar-refractivity contribution in [2.45, 2.75) is 90.9 Å². The van der Waals surface area contributed by atoms with Crippen LogP contribution in [0.4, 0.5) is 0 Å². The van der Waals surface area contributed by atoms with Gasteiger partial charge < -0.3 is 0 Å². The Morgan fingerprint density at radius 3 is 2.61 bits per heavy atom. The Hall–Kier alpha value is 0. The normalized spacial score (nSPS) is 33.3. The lowest BCUT2D eigenvalue weighted by Gasteiger charge is -2.29. The first-order valence-corrected chi connectivity index (χ1v) is 8.81. The second kappa shape index (κ2) is 7.56. The first kappa shape index (κ1) is 14.4. The predicted octanol–water partition coefficient (Wildman–Crippen LogP) is 6.20. The summed E-state index contributed by atoms with van der Waals surface area (Å²) in [5.41, 5.74) is 0. The van der Waals surface area contributed by atoms with Crippen molar-refractivity contribution < 1.29 is 0 Å². The third kappa shape index (κ3) is 4.00. The highest BCUT2D eigenvalue weighted by molar-refractivity contribution is 4.87. The van der Waals surface area contributed by atoms with Crippen LogP contribution in [-0.2, 0) is 0 Å². The highest BCUT2D eigenvalue weighted by Crippen LogP contribution is 2.47. The van der Waals surface area contributed by atoms with Crippen molar-refractivity contribution in [3.8, 4) is 0 Å². The summed E-state index contributed by atoms with van der Waals surface area (Å²) >= 11 is 0. The van der Waals surface area contributed by atoms with E-state index in [4.69, 9.17) is 0 Å². The van der Waals surface area contributed by atoms with Crippen molar-refractivity contribution in [1.29, 1.82) is 0 Å². The maximum absolute atomic E-state index is 2.49. The van der Waals surface area contributed by atoms with E-state index < -0.39 is 0 Å². The Bertz CT molecular complexity index is 220. The molecule has 2 aliphatic carbocycles. The van der Waals surface area contributed by atoms with Crippen molar-refractivity contribution >= 4 is 0 Å². The number of unbranched alkanes of at least 4 members (excludes halogenated alkanes) is 2. The van der Waals surface area contributed by atoms with Crippen LogP contribution in [0.5, 0.6) is 0 Å². The van der Waals surface area contributed by atoms with E-state index in [1.54, 1.807) is 32.1 Å². The second-order valence-corrected chi connectivity index (χ2v) is 7.22. The molecular formula is C18H34. The zero-order chi connectivity index (χ0) is 12.8. The Morgan fingerprint density at radius 2 is 1.78 bits per heavy atom. The van der Waals surface area contributed by atoms with Crippen LogP contribution in [0.15, 0.2) is 0 Å². The van der Waals surface area contributed by atoms with E-state index in [1.165, 1.54) is 44.9 Å². The maximum atomic E-state index is 2.49. The van der Waals surface area contributed by atoms with Crippen LogP contribution in [-0.4, -0.2) is 0 Å². The lowest BCUT2D eigenvalue weighted by atomic mass is 9.76. The molecule has 0 spiro atoms. The van der Waals surface area contributed by atoms with Crippen LogP contribution in [0.25, 0.3) is 0 Å². The minimum absolute atomic E-state index is 0.985. The molecule has 0 aliphatic heterocycles. The van der Waals surface area contributed by atoms with Crippen molar-refractivity contribution in [1.82, 2.24) is 0 Å². The van der Waals surface area contributed by atoms with Gasteiger partial charge in [-0.1, -0.05) is 65.2 Å². The summed E-state index contributed by atoms with van der Waals surface area (Å²) in [6.07, 6.45) is 18.2. The summed E-state index contributed by atoms with van der Waals surface area (Å²) in [4.78, 5) is 0. The van der Waals surface area contributed by atoms with E-state index in [0.717, 1.165) is 23.7 Å². The molecule has 0 saturated heterocycles. The van der Waals surface area contributed by atoms with Crippen molar-refractivity contribution in [2.24, 2.45) is 23.7 Å². The molecule has 18 heavy (non-hydrogen) atoms. The Balaban J connectivity index is 1.64. The maximum Gasteiger partial charge on any atom is -0.0357 e. The molecule has 4 atom stereocenters. The minimum Gasteiger partial charge on any atom is -0.0654 e. The number of hydrogen-bond donors (Lipinski definition) is 0. The fourth-order valence-electron chi connectivity index (χ4n) is 4.60. The van der Waals surface area contributed by atoms with Crippen LogP contribution in [0, 0.1) is 23.7 Å². The van der Waals surface area contributed by atoms with E-state index in [2.05, 4.69) is 13.8 Å². The van der Waals surface area contributed by atoms with E-state index in [0.29, 0.717) is 0 Å². The van der Waals surface area contributed by atoms with Crippen LogP contribution in [0.3, 0.4) is 0 Å². The fraction of sp³-hybridized carbons (Fsp3) is 1.00. The third-order valence-electron chi connectivity index (χ3n) is 5.81. The van der Waals surface area contributed by atoms with Gasteiger partial charge in [0.1, 0.15) is 0 Å². The molecule has 2 aliphatic rings. The largest absolute Gasteiger partial charge is 0.0654 e.